The maximum Gasteiger partial charge on any atom is 0.272 e. The van der Waals surface area contributed by atoms with Gasteiger partial charge < -0.3 is 5.32 Å². The summed E-state index contributed by atoms with van der Waals surface area (Å²) in [4.78, 5) is 28.6. The number of H-pyrrole nitrogens is 1. The Hall–Kier alpha value is -2.51. The van der Waals surface area contributed by atoms with E-state index in [2.05, 4.69) is 37.9 Å². The molecule has 0 radical (unpaired) electrons. The highest BCUT2D eigenvalue weighted by Gasteiger charge is 2.25. The molecule has 1 aliphatic rings. The number of nitrogens with zero attached hydrogens (tertiary/aromatic N) is 2. The van der Waals surface area contributed by atoms with Gasteiger partial charge in [0.2, 0.25) is 5.91 Å². The summed E-state index contributed by atoms with van der Waals surface area (Å²) >= 11 is 1.79. The maximum absolute atomic E-state index is 12.8. The van der Waals surface area contributed by atoms with Crippen molar-refractivity contribution in [1.82, 2.24) is 20.4 Å². The first kappa shape index (κ1) is 18.8. The number of amides is 1. The van der Waals surface area contributed by atoms with E-state index in [1.807, 2.05) is 25.1 Å². The van der Waals surface area contributed by atoms with Gasteiger partial charge >= 0.3 is 0 Å². The Morgan fingerprint density at radius 2 is 2.00 bits per heavy atom. The minimum Gasteiger partial charge on any atom is -0.353 e. The lowest BCUT2D eigenvalue weighted by molar-refractivity contribution is -0.123. The molecule has 3 aromatic rings. The lowest BCUT2D eigenvalue weighted by atomic mass is 9.99. The number of aromatic amines is 1. The second kappa shape index (κ2) is 8.24. The average molecular weight is 397 g/mol. The van der Waals surface area contributed by atoms with Crippen LogP contribution in [0.25, 0.3) is 10.8 Å². The zero-order chi connectivity index (χ0) is 19.5. The summed E-state index contributed by atoms with van der Waals surface area (Å²) in [5.41, 5.74) is 0.382. The number of likely N-dealkylation sites (tertiary alicyclic amines) is 1. The molecular weight excluding hydrogens is 372 g/mol. The Bertz CT molecular complexity index is 1010. The highest BCUT2D eigenvalue weighted by molar-refractivity contribution is 7.09. The van der Waals surface area contributed by atoms with Crippen molar-refractivity contribution >= 4 is 28.0 Å². The fraction of sp³-hybridized carbons (Fsp3) is 0.381. The minimum absolute atomic E-state index is 0.0404. The third-order valence-electron chi connectivity index (χ3n) is 5.42. The van der Waals surface area contributed by atoms with Gasteiger partial charge in [-0.2, -0.15) is 5.10 Å². The second-order valence-electron chi connectivity index (χ2n) is 7.34. The number of aromatic nitrogens is 2. The summed E-state index contributed by atoms with van der Waals surface area (Å²) in [6.07, 6.45) is 1.90. The van der Waals surface area contributed by atoms with Gasteiger partial charge in [-0.25, -0.2) is 5.10 Å². The number of fused-ring (bicyclic) bond motifs is 1. The Morgan fingerprint density at radius 1 is 1.25 bits per heavy atom. The van der Waals surface area contributed by atoms with Crippen molar-refractivity contribution in [3.63, 3.8) is 0 Å². The highest BCUT2D eigenvalue weighted by atomic mass is 32.1. The molecule has 1 saturated heterocycles. The van der Waals surface area contributed by atoms with Gasteiger partial charge in [-0.1, -0.05) is 24.3 Å². The van der Waals surface area contributed by atoms with Crippen LogP contribution in [0.3, 0.4) is 0 Å². The molecule has 1 unspecified atom stereocenters. The number of nitrogens with one attached hydrogen (secondary N) is 2. The number of hydrogen-bond donors (Lipinski definition) is 2. The van der Waals surface area contributed by atoms with E-state index in [4.69, 9.17) is 0 Å². The molecule has 1 amide bonds. The molecule has 1 aromatic carbocycles. The number of piperidine rings is 1. The number of carbonyl (C=O) groups excluding carboxylic acids is 1. The summed E-state index contributed by atoms with van der Waals surface area (Å²) in [6, 6.07) is 11.7. The number of benzene rings is 1. The first-order chi connectivity index (χ1) is 13.6. The van der Waals surface area contributed by atoms with Crippen molar-refractivity contribution in [2.75, 3.05) is 13.1 Å². The molecular formula is C21H24N4O2S. The van der Waals surface area contributed by atoms with Crippen LogP contribution < -0.4 is 10.9 Å². The number of rotatable bonds is 5. The standard InChI is InChI=1S/C21H24N4O2S/c1-14(19-17-6-2-3-7-18(17)21(27)24-23-19)20(26)22-15-8-10-25(11-9-15)13-16-5-4-12-28-16/h2-7,12,14-15H,8-11,13H2,1H3,(H,22,26)(H,24,27). The third-order valence-corrected chi connectivity index (χ3v) is 6.28. The molecule has 0 aliphatic carbocycles. The van der Waals surface area contributed by atoms with Crippen LogP contribution in [0, 0.1) is 0 Å². The number of carbonyl (C=O) groups is 1. The molecule has 6 nitrogen and oxygen atoms in total. The van der Waals surface area contributed by atoms with E-state index in [1.54, 1.807) is 17.4 Å². The maximum atomic E-state index is 12.8. The van der Waals surface area contributed by atoms with E-state index in [0.29, 0.717) is 11.1 Å². The van der Waals surface area contributed by atoms with Gasteiger partial charge in [0.1, 0.15) is 0 Å². The summed E-state index contributed by atoms with van der Waals surface area (Å²) in [7, 11) is 0. The summed E-state index contributed by atoms with van der Waals surface area (Å²) < 4.78 is 0. The monoisotopic (exact) mass is 396 g/mol. The Balaban J connectivity index is 1.38. The van der Waals surface area contributed by atoms with Crippen LogP contribution in [-0.2, 0) is 11.3 Å². The quantitative estimate of drug-likeness (QED) is 0.695. The van der Waals surface area contributed by atoms with Crippen molar-refractivity contribution in [3.8, 4) is 0 Å². The molecule has 1 atom stereocenters. The molecule has 0 saturated carbocycles. The molecule has 0 bridgehead atoms. The predicted octanol–water partition coefficient (Wildman–Crippen LogP) is 2.87. The molecule has 28 heavy (non-hydrogen) atoms. The zero-order valence-electron chi connectivity index (χ0n) is 15.9. The van der Waals surface area contributed by atoms with Crippen LogP contribution in [0.15, 0.2) is 46.6 Å². The fourth-order valence-electron chi connectivity index (χ4n) is 3.77. The summed E-state index contributed by atoms with van der Waals surface area (Å²) in [5, 5.41) is 13.3. The van der Waals surface area contributed by atoms with Crippen molar-refractivity contribution < 1.29 is 4.79 Å². The molecule has 0 spiro atoms. The normalized spacial score (nSPS) is 16.9. The van der Waals surface area contributed by atoms with Crippen LogP contribution in [0.5, 0.6) is 0 Å². The van der Waals surface area contributed by atoms with Crippen molar-refractivity contribution in [1.29, 1.82) is 0 Å². The van der Waals surface area contributed by atoms with Gasteiger partial charge in [0, 0.05) is 35.9 Å². The van der Waals surface area contributed by atoms with Crippen LogP contribution in [0.2, 0.25) is 0 Å². The van der Waals surface area contributed by atoms with Gasteiger partial charge in [0.25, 0.3) is 5.56 Å². The molecule has 2 N–H and O–H groups in total. The Kier molecular flexibility index (Phi) is 5.54. The third kappa shape index (κ3) is 4.00. The molecule has 1 fully saturated rings. The van der Waals surface area contributed by atoms with E-state index in [-0.39, 0.29) is 17.5 Å². The van der Waals surface area contributed by atoms with Gasteiger partial charge in [-0.3, -0.25) is 14.5 Å². The second-order valence-corrected chi connectivity index (χ2v) is 8.38. The minimum atomic E-state index is -0.425. The topological polar surface area (TPSA) is 78.1 Å². The number of hydrogen-bond acceptors (Lipinski definition) is 5. The number of thiophene rings is 1. The van der Waals surface area contributed by atoms with Gasteiger partial charge in [-0.15, -0.1) is 11.3 Å². The summed E-state index contributed by atoms with van der Waals surface area (Å²) in [5.74, 6) is -0.465. The SMILES string of the molecule is CC(C(=O)NC1CCN(Cc2cccs2)CC1)c1n[nH]c(=O)c2ccccc12. The fourth-order valence-corrected chi connectivity index (χ4v) is 4.52. The first-order valence-electron chi connectivity index (χ1n) is 9.64. The Morgan fingerprint density at radius 3 is 2.71 bits per heavy atom. The van der Waals surface area contributed by atoms with Crippen molar-refractivity contribution in [2.45, 2.75) is 38.3 Å². The average Bonchev–Trinajstić information content (AvgIpc) is 3.22. The molecule has 1 aliphatic heterocycles. The summed E-state index contributed by atoms with van der Waals surface area (Å²) in [6.45, 7) is 4.80. The van der Waals surface area contributed by atoms with Crippen molar-refractivity contribution in [2.24, 2.45) is 0 Å². The van der Waals surface area contributed by atoms with E-state index in [1.165, 1.54) is 4.88 Å². The van der Waals surface area contributed by atoms with Crippen LogP contribution in [0.4, 0.5) is 0 Å². The van der Waals surface area contributed by atoms with E-state index in [0.717, 1.165) is 37.9 Å². The highest BCUT2D eigenvalue weighted by Crippen LogP contribution is 2.22. The molecule has 2 aromatic heterocycles. The Labute approximate surface area is 167 Å². The molecule has 4 rings (SSSR count). The smallest absolute Gasteiger partial charge is 0.272 e. The van der Waals surface area contributed by atoms with E-state index in [9.17, 15) is 9.59 Å². The van der Waals surface area contributed by atoms with E-state index < -0.39 is 5.92 Å². The molecule has 7 heteroatoms. The van der Waals surface area contributed by atoms with Crippen LogP contribution >= 0.6 is 11.3 Å². The lowest BCUT2D eigenvalue weighted by Crippen LogP contribution is -2.45. The zero-order valence-corrected chi connectivity index (χ0v) is 16.7. The van der Waals surface area contributed by atoms with Crippen LogP contribution in [0.1, 0.15) is 36.3 Å². The predicted molar refractivity (Wildman–Crippen MR) is 112 cm³/mol. The first-order valence-corrected chi connectivity index (χ1v) is 10.5. The van der Waals surface area contributed by atoms with Gasteiger partial charge in [0.15, 0.2) is 0 Å². The lowest BCUT2D eigenvalue weighted by Gasteiger charge is -2.32. The molecule has 146 valence electrons. The molecule has 3 heterocycles. The van der Waals surface area contributed by atoms with Crippen LogP contribution in [-0.4, -0.2) is 40.1 Å². The van der Waals surface area contributed by atoms with Crippen molar-refractivity contribution in [3.05, 3.63) is 62.7 Å². The largest absolute Gasteiger partial charge is 0.353 e. The van der Waals surface area contributed by atoms with Gasteiger partial charge in [-0.05, 0) is 37.3 Å². The van der Waals surface area contributed by atoms with E-state index >= 15 is 0 Å². The van der Waals surface area contributed by atoms with Gasteiger partial charge in [0.05, 0.1) is 17.0 Å².